The highest BCUT2D eigenvalue weighted by Crippen LogP contribution is 2.36. The van der Waals surface area contributed by atoms with Crippen LogP contribution in [0.5, 0.6) is 0 Å². The minimum absolute atomic E-state index is 0.358. The quantitative estimate of drug-likeness (QED) is 0.747. The van der Waals surface area contributed by atoms with Crippen LogP contribution in [-0.2, 0) is 9.31 Å². The van der Waals surface area contributed by atoms with E-state index in [1.165, 1.54) is 12.3 Å². The van der Waals surface area contributed by atoms with Gasteiger partial charge in [0.15, 0.2) is 0 Å². The monoisotopic (exact) mass is 274 g/mol. The fourth-order valence-corrected chi connectivity index (χ4v) is 2.15. The first-order chi connectivity index (χ1) is 9.30. The first-order valence-corrected chi connectivity index (χ1v) is 6.56. The summed E-state index contributed by atoms with van der Waals surface area (Å²) in [4.78, 5) is 8.27. The largest absolute Gasteiger partial charge is 0.497 e. The zero-order chi connectivity index (χ0) is 14.5. The van der Waals surface area contributed by atoms with Gasteiger partial charge >= 0.3 is 7.12 Å². The highest BCUT2D eigenvalue weighted by Gasteiger charge is 2.52. The molecule has 1 aliphatic rings. The third-order valence-corrected chi connectivity index (χ3v) is 4.09. The number of rotatable bonds is 1. The summed E-state index contributed by atoms with van der Waals surface area (Å²) in [5.41, 5.74) is 0.503. The highest BCUT2D eigenvalue weighted by atomic mass is 19.1. The Balaban J connectivity index is 2.05. The van der Waals surface area contributed by atoms with Gasteiger partial charge in [0.2, 0.25) is 0 Å². The van der Waals surface area contributed by atoms with Crippen molar-refractivity contribution in [2.24, 2.45) is 0 Å². The summed E-state index contributed by atoms with van der Waals surface area (Å²) in [6.45, 7) is 7.75. The molecule has 4 nitrogen and oxygen atoms in total. The van der Waals surface area contributed by atoms with E-state index in [2.05, 4.69) is 9.97 Å². The average Bonchev–Trinajstić information content (AvgIpc) is 2.57. The number of hydrogen-bond acceptors (Lipinski definition) is 4. The molecule has 0 spiro atoms. The fourth-order valence-electron chi connectivity index (χ4n) is 2.15. The molecular weight excluding hydrogens is 258 g/mol. The summed E-state index contributed by atoms with van der Waals surface area (Å²) < 4.78 is 26.0. The molecule has 2 heterocycles. The van der Waals surface area contributed by atoms with E-state index in [4.69, 9.17) is 9.31 Å². The number of nitrogens with zero attached hydrogens (tertiary/aromatic N) is 2. The normalized spacial score (nSPS) is 20.6. The van der Waals surface area contributed by atoms with Gasteiger partial charge in [0.05, 0.1) is 22.2 Å². The molecule has 1 aromatic heterocycles. The second-order valence-corrected chi connectivity index (χ2v) is 6.01. The van der Waals surface area contributed by atoms with Gasteiger partial charge in [0.25, 0.3) is 0 Å². The van der Waals surface area contributed by atoms with Gasteiger partial charge in [-0.1, -0.05) is 0 Å². The molecule has 3 rings (SSSR count). The molecular formula is C14H16BFN2O2. The zero-order valence-electron chi connectivity index (χ0n) is 12.0. The molecule has 0 radical (unpaired) electrons. The van der Waals surface area contributed by atoms with Crippen LogP contribution in [0.25, 0.3) is 11.0 Å². The first kappa shape index (κ1) is 13.5. The predicted molar refractivity (Wildman–Crippen MR) is 75.2 cm³/mol. The molecule has 1 aromatic carbocycles. The van der Waals surface area contributed by atoms with Crippen molar-refractivity contribution >= 4 is 23.6 Å². The van der Waals surface area contributed by atoms with E-state index in [9.17, 15) is 4.39 Å². The zero-order valence-corrected chi connectivity index (χ0v) is 12.0. The number of hydrogen-bond donors (Lipinski definition) is 0. The van der Waals surface area contributed by atoms with Crippen LogP contribution < -0.4 is 5.46 Å². The van der Waals surface area contributed by atoms with Crippen molar-refractivity contribution in [3.63, 3.8) is 0 Å². The molecule has 0 aliphatic carbocycles. The van der Waals surface area contributed by atoms with Gasteiger partial charge in [-0.3, -0.25) is 9.97 Å². The van der Waals surface area contributed by atoms with Gasteiger partial charge in [0.1, 0.15) is 5.82 Å². The Morgan fingerprint density at radius 2 is 1.45 bits per heavy atom. The van der Waals surface area contributed by atoms with Gasteiger partial charge < -0.3 is 9.31 Å². The summed E-state index contributed by atoms with van der Waals surface area (Å²) in [5.74, 6) is -0.392. The van der Waals surface area contributed by atoms with E-state index in [-0.39, 0.29) is 0 Å². The molecule has 0 amide bonds. The maximum atomic E-state index is 14.2. The Labute approximate surface area is 117 Å². The van der Waals surface area contributed by atoms with Crippen molar-refractivity contribution in [1.82, 2.24) is 9.97 Å². The lowest BCUT2D eigenvalue weighted by molar-refractivity contribution is 0.00578. The van der Waals surface area contributed by atoms with E-state index in [0.29, 0.717) is 16.5 Å². The highest BCUT2D eigenvalue weighted by molar-refractivity contribution is 6.62. The Hall–Kier alpha value is -1.53. The van der Waals surface area contributed by atoms with Crippen molar-refractivity contribution in [2.75, 3.05) is 0 Å². The summed E-state index contributed by atoms with van der Waals surface area (Å²) in [7, 11) is -0.730. The smallest absolute Gasteiger partial charge is 0.399 e. The molecule has 104 valence electrons. The molecule has 20 heavy (non-hydrogen) atoms. The molecule has 0 bridgehead atoms. The Morgan fingerprint density at radius 1 is 0.950 bits per heavy atom. The lowest BCUT2D eigenvalue weighted by Gasteiger charge is -2.32. The van der Waals surface area contributed by atoms with Crippen LogP contribution in [0.15, 0.2) is 24.5 Å². The van der Waals surface area contributed by atoms with E-state index in [1.54, 1.807) is 12.3 Å². The van der Waals surface area contributed by atoms with E-state index in [1.807, 2.05) is 27.7 Å². The average molecular weight is 274 g/mol. The van der Waals surface area contributed by atoms with Crippen molar-refractivity contribution in [3.8, 4) is 0 Å². The van der Waals surface area contributed by atoms with Crippen LogP contribution in [0.4, 0.5) is 4.39 Å². The Morgan fingerprint density at radius 3 is 2.00 bits per heavy atom. The van der Waals surface area contributed by atoms with Crippen LogP contribution in [-0.4, -0.2) is 28.3 Å². The second kappa shape index (κ2) is 4.23. The van der Waals surface area contributed by atoms with Crippen molar-refractivity contribution in [3.05, 3.63) is 30.3 Å². The van der Waals surface area contributed by atoms with E-state index >= 15 is 0 Å². The van der Waals surface area contributed by atoms with Gasteiger partial charge in [-0.15, -0.1) is 0 Å². The second-order valence-electron chi connectivity index (χ2n) is 6.01. The predicted octanol–water partition coefficient (Wildman–Crippen LogP) is 2.07. The molecule has 1 fully saturated rings. The number of fused-ring (bicyclic) bond motifs is 1. The van der Waals surface area contributed by atoms with Crippen LogP contribution in [0.1, 0.15) is 27.7 Å². The topological polar surface area (TPSA) is 44.2 Å². The molecule has 1 aliphatic heterocycles. The SMILES string of the molecule is CC1(C)OB(c2cc3nccnc3cc2F)OC1(C)C. The molecule has 0 atom stereocenters. The fraction of sp³-hybridized carbons (Fsp3) is 0.429. The lowest BCUT2D eigenvalue weighted by atomic mass is 9.78. The molecule has 2 aromatic rings. The third-order valence-electron chi connectivity index (χ3n) is 4.09. The number of halogens is 1. The summed E-state index contributed by atoms with van der Waals surface area (Å²) in [6, 6.07) is 3.00. The van der Waals surface area contributed by atoms with Crippen molar-refractivity contribution < 1.29 is 13.7 Å². The molecule has 0 saturated carbocycles. The lowest BCUT2D eigenvalue weighted by Crippen LogP contribution is -2.41. The first-order valence-electron chi connectivity index (χ1n) is 6.56. The standard InChI is InChI=1S/C14H16BFN2O2/c1-13(2)14(3,4)20-15(19-13)9-7-11-12(8-10(9)16)18-6-5-17-11/h5-8H,1-4H3. The van der Waals surface area contributed by atoms with Crippen LogP contribution in [0.2, 0.25) is 0 Å². The summed E-state index contributed by atoms with van der Waals surface area (Å²) in [6.07, 6.45) is 3.12. The van der Waals surface area contributed by atoms with E-state index < -0.39 is 24.1 Å². The Kier molecular flexibility index (Phi) is 2.85. The summed E-state index contributed by atoms with van der Waals surface area (Å²) in [5, 5.41) is 0. The van der Waals surface area contributed by atoms with Crippen LogP contribution >= 0.6 is 0 Å². The molecule has 0 N–H and O–H groups in total. The summed E-state index contributed by atoms with van der Waals surface area (Å²) >= 11 is 0. The molecule has 0 unspecified atom stereocenters. The molecule has 6 heteroatoms. The van der Waals surface area contributed by atoms with Gasteiger partial charge in [0, 0.05) is 23.9 Å². The van der Waals surface area contributed by atoms with Gasteiger partial charge in [-0.25, -0.2) is 4.39 Å². The third kappa shape index (κ3) is 1.99. The van der Waals surface area contributed by atoms with Crippen LogP contribution in [0.3, 0.4) is 0 Å². The van der Waals surface area contributed by atoms with Gasteiger partial charge in [-0.05, 0) is 33.8 Å². The Bertz CT molecular complexity index is 659. The van der Waals surface area contributed by atoms with Crippen molar-refractivity contribution in [1.29, 1.82) is 0 Å². The van der Waals surface area contributed by atoms with Crippen molar-refractivity contribution in [2.45, 2.75) is 38.9 Å². The van der Waals surface area contributed by atoms with Crippen LogP contribution in [0, 0.1) is 5.82 Å². The van der Waals surface area contributed by atoms with E-state index in [0.717, 1.165) is 0 Å². The molecule has 1 saturated heterocycles. The maximum absolute atomic E-state index is 14.2. The number of benzene rings is 1. The minimum Gasteiger partial charge on any atom is -0.399 e. The van der Waals surface area contributed by atoms with Gasteiger partial charge in [-0.2, -0.15) is 0 Å². The number of aromatic nitrogens is 2. The maximum Gasteiger partial charge on any atom is 0.497 e. The minimum atomic E-state index is -0.730.